The van der Waals surface area contributed by atoms with Crippen molar-refractivity contribution in [1.29, 1.82) is 0 Å². The van der Waals surface area contributed by atoms with Gasteiger partial charge in [-0.05, 0) is 124 Å². The van der Waals surface area contributed by atoms with Crippen LogP contribution in [0.5, 0.6) is 0 Å². The average molecular weight is 637 g/mol. The van der Waals surface area contributed by atoms with Crippen molar-refractivity contribution in [3.63, 3.8) is 0 Å². The van der Waals surface area contributed by atoms with Crippen molar-refractivity contribution in [3.8, 4) is 33.4 Å². The van der Waals surface area contributed by atoms with E-state index in [4.69, 9.17) is 4.42 Å². The predicted molar refractivity (Wildman–Crippen MR) is 212 cm³/mol. The SMILES string of the molecule is CC1(C)c2cc(-c3c4ccccc4c(-c4ccc5oc6ccc7ccccc7c6c5c4)c4ccccc34)ccc2-c2cc3ccccc3cc21. The van der Waals surface area contributed by atoms with Crippen molar-refractivity contribution in [2.45, 2.75) is 19.3 Å². The van der Waals surface area contributed by atoms with Crippen molar-refractivity contribution in [3.05, 3.63) is 169 Å². The summed E-state index contributed by atoms with van der Waals surface area (Å²) in [6, 6.07) is 58.2. The maximum absolute atomic E-state index is 6.40. The minimum Gasteiger partial charge on any atom is -0.456 e. The molecule has 9 aromatic carbocycles. The molecule has 0 N–H and O–H groups in total. The summed E-state index contributed by atoms with van der Waals surface area (Å²) in [5.41, 5.74) is 12.2. The summed E-state index contributed by atoms with van der Waals surface area (Å²) in [6.45, 7) is 4.77. The van der Waals surface area contributed by atoms with Gasteiger partial charge in [-0.1, -0.05) is 135 Å². The van der Waals surface area contributed by atoms with E-state index in [0.717, 1.165) is 16.6 Å². The summed E-state index contributed by atoms with van der Waals surface area (Å²) in [4.78, 5) is 0. The van der Waals surface area contributed by atoms with Gasteiger partial charge in [-0.3, -0.25) is 0 Å². The van der Waals surface area contributed by atoms with Crippen LogP contribution in [0, 0.1) is 0 Å². The number of hydrogen-bond donors (Lipinski definition) is 0. The molecular formula is C49H32O. The van der Waals surface area contributed by atoms with Crippen molar-refractivity contribution in [1.82, 2.24) is 0 Å². The Bertz CT molecular complexity index is 3010. The lowest BCUT2D eigenvalue weighted by Gasteiger charge is -2.23. The highest BCUT2D eigenvalue weighted by Crippen LogP contribution is 2.52. The molecule has 0 saturated heterocycles. The fourth-order valence-corrected chi connectivity index (χ4v) is 9.03. The zero-order valence-electron chi connectivity index (χ0n) is 27.9. The minimum absolute atomic E-state index is 0.108. The van der Waals surface area contributed by atoms with Crippen LogP contribution < -0.4 is 0 Å². The summed E-state index contributed by atoms with van der Waals surface area (Å²) < 4.78 is 6.40. The molecule has 0 radical (unpaired) electrons. The molecule has 0 aliphatic heterocycles. The van der Waals surface area contributed by atoms with E-state index in [1.165, 1.54) is 93.0 Å². The monoisotopic (exact) mass is 636 g/mol. The summed E-state index contributed by atoms with van der Waals surface area (Å²) in [7, 11) is 0. The van der Waals surface area contributed by atoms with Crippen LogP contribution in [0.4, 0.5) is 0 Å². The van der Waals surface area contributed by atoms with E-state index in [1.54, 1.807) is 0 Å². The molecule has 1 heterocycles. The van der Waals surface area contributed by atoms with Gasteiger partial charge in [0.25, 0.3) is 0 Å². The van der Waals surface area contributed by atoms with Crippen LogP contribution in [0.2, 0.25) is 0 Å². The molecule has 50 heavy (non-hydrogen) atoms. The van der Waals surface area contributed by atoms with Crippen LogP contribution in [0.15, 0.2) is 162 Å². The predicted octanol–water partition coefficient (Wildman–Crippen LogP) is 13.8. The van der Waals surface area contributed by atoms with Crippen LogP contribution in [0.3, 0.4) is 0 Å². The van der Waals surface area contributed by atoms with Crippen molar-refractivity contribution in [2.24, 2.45) is 0 Å². The first kappa shape index (κ1) is 27.7. The highest BCUT2D eigenvalue weighted by molar-refractivity contribution is 6.24. The first-order valence-corrected chi connectivity index (χ1v) is 17.5. The molecule has 11 rings (SSSR count). The molecule has 0 spiro atoms. The standard InChI is InChI=1S/C49H32O/c1-49(2)42-28-33(19-22-35(42)40-25-30-12-3-4-13-31(30)27-43(40)49)47-38-17-9-7-15-36(38)46(37-16-8-10-18-39(37)47)32-21-23-44-41(26-32)48-34-14-6-5-11-29(34)20-24-45(48)50-44/h3-28H,1-2H3. The smallest absolute Gasteiger partial charge is 0.136 e. The maximum Gasteiger partial charge on any atom is 0.136 e. The second-order valence-electron chi connectivity index (χ2n) is 14.4. The second-order valence-corrected chi connectivity index (χ2v) is 14.4. The van der Waals surface area contributed by atoms with Crippen LogP contribution in [-0.2, 0) is 5.41 Å². The van der Waals surface area contributed by atoms with Crippen molar-refractivity contribution in [2.75, 3.05) is 0 Å². The molecule has 0 fully saturated rings. The summed E-state index contributed by atoms with van der Waals surface area (Å²) in [5, 5.41) is 12.4. The Morgan fingerprint density at radius 2 is 0.900 bits per heavy atom. The lowest BCUT2D eigenvalue weighted by Crippen LogP contribution is -2.15. The quantitative estimate of drug-likeness (QED) is 0.172. The highest BCUT2D eigenvalue weighted by Gasteiger charge is 2.36. The van der Waals surface area contributed by atoms with Gasteiger partial charge in [0.05, 0.1) is 0 Å². The van der Waals surface area contributed by atoms with E-state index in [9.17, 15) is 0 Å². The lowest BCUT2D eigenvalue weighted by molar-refractivity contribution is 0.661. The molecule has 0 amide bonds. The van der Waals surface area contributed by atoms with Crippen LogP contribution in [0.25, 0.3) is 98.4 Å². The first-order valence-electron chi connectivity index (χ1n) is 17.5. The van der Waals surface area contributed by atoms with E-state index < -0.39 is 0 Å². The lowest BCUT2D eigenvalue weighted by atomic mass is 9.80. The number of benzene rings is 9. The molecule has 1 aromatic heterocycles. The molecule has 1 nitrogen and oxygen atoms in total. The fourth-order valence-electron chi connectivity index (χ4n) is 9.03. The zero-order chi connectivity index (χ0) is 33.1. The Labute approximate surface area is 290 Å². The minimum atomic E-state index is -0.108. The summed E-state index contributed by atoms with van der Waals surface area (Å²) in [6.07, 6.45) is 0. The zero-order valence-corrected chi connectivity index (χ0v) is 27.9. The Morgan fingerprint density at radius 3 is 1.58 bits per heavy atom. The van der Waals surface area contributed by atoms with Gasteiger partial charge in [0.15, 0.2) is 0 Å². The van der Waals surface area contributed by atoms with Gasteiger partial charge in [-0.15, -0.1) is 0 Å². The molecule has 0 atom stereocenters. The average Bonchev–Trinajstić information content (AvgIpc) is 3.64. The van der Waals surface area contributed by atoms with Gasteiger partial charge in [0, 0.05) is 16.2 Å². The first-order chi connectivity index (χ1) is 24.5. The molecule has 1 heteroatoms. The summed E-state index contributed by atoms with van der Waals surface area (Å²) >= 11 is 0. The molecule has 234 valence electrons. The largest absolute Gasteiger partial charge is 0.456 e. The molecule has 0 unspecified atom stereocenters. The van der Waals surface area contributed by atoms with E-state index in [2.05, 4.69) is 172 Å². The van der Waals surface area contributed by atoms with Gasteiger partial charge in [-0.2, -0.15) is 0 Å². The number of furan rings is 1. The molecule has 0 bridgehead atoms. The van der Waals surface area contributed by atoms with Crippen molar-refractivity contribution < 1.29 is 4.42 Å². The van der Waals surface area contributed by atoms with Crippen LogP contribution in [0.1, 0.15) is 25.0 Å². The van der Waals surface area contributed by atoms with Crippen LogP contribution in [-0.4, -0.2) is 0 Å². The van der Waals surface area contributed by atoms with Gasteiger partial charge in [0.2, 0.25) is 0 Å². The third-order valence-corrected chi connectivity index (χ3v) is 11.4. The van der Waals surface area contributed by atoms with Gasteiger partial charge < -0.3 is 4.42 Å². The number of fused-ring (bicyclic) bond motifs is 11. The van der Waals surface area contributed by atoms with Crippen molar-refractivity contribution >= 4 is 65.0 Å². The van der Waals surface area contributed by atoms with E-state index in [-0.39, 0.29) is 5.41 Å². The van der Waals surface area contributed by atoms with E-state index in [0.29, 0.717) is 0 Å². The highest BCUT2D eigenvalue weighted by atomic mass is 16.3. The molecular weight excluding hydrogens is 605 g/mol. The third-order valence-electron chi connectivity index (χ3n) is 11.4. The molecule has 10 aromatic rings. The van der Waals surface area contributed by atoms with E-state index in [1.807, 2.05) is 0 Å². The normalized spacial score (nSPS) is 13.6. The Kier molecular flexibility index (Phi) is 5.51. The van der Waals surface area contributed by atoms with E-state index >= 15 is 0 Å². The topological polar surface area (TPSA) is 13.1 Å². The Morgan fingerprint density at radius 1 is 0.380 bits per heavy atom. The maximum atomic E-state index is 6.40. The fraction of sp³-hybridized carbons (Fsp3) is 0.0612. The van der Waals surface area contributed by atoms with Crippen LogP contribution >= 0.6 is 0 Å². The summed E-state index contributed by atoms with van der Waals surface area (Å²) in [5.74, 6) is 0. The number of rotatable bonds is 2. The van der Waals surface area contributed by atoms with Gasteiger partial charge >= 0.3 is 0 Å². The molecule has 1 aliphatic rings. The Hall–Kier alpha value is -6.18. The third kappa shape index (κ3) is 3.72. The molecule has 1 aliphatic carbocycles. The Balaban J connectivity index is 1.17. The molecule has 0 saturated carbocycles. The number of hydrogen-bond acceptors (Lipinski definition) is 1. The van der Waals surface area contributed by atoms with Gasteiger partial charge in [0.1, 0.15) is 11.2 Å². The second kappa shape index (κ2) is 9.94. The van der Waals surface area contributed by atoms with Gasteiger partial charge in [-0.25, -0.2) is 0 Å².